The summed E-state index contributed by atoms with van der Waals surface area (Å²) in [7, 11) is 0. The number of anilines is 2. The van der Waals surface area contributed by atoms with E-state index < -0.39 is 23.5 Å². The van der Waals surface area contributed by atoms with Crippen LogP contribution in [0, 0.1) is 5.82 Å². The van der Waals surface area contributed by atoms with Crippen LogP contribution in [-0.4, -0.2) is 70.3 Å². The lowest BCUT2D eigenvalue weighted by molar-refractivity contribution is -0.126. The molecule has 5 heterocycles. The number of carbonyl (C=O) groups excluding carboxylic acids is 3. The lowest BCUT2D eigenvalue weighted by Gasteiger charge is -2.35. The van der Waals surface area contributed by atoms with Gasteiger partial charge in [-0.05, 0) is 19.1 Å². The minimum absolute atomic E-state index is 0.00773. The highest BCUT2D eigenvalue weighted by Gasteiger charge is 2.31. The summed E-state index contributed by atoms with van der Waals surface area (Å²) in [5.41, 5.74) is 6.11. The van der Waals surface area contributed by atoms with E-state index in [1.165, 1.54) is 16.1 Å². The highest BCUT2D eigenvalue weighted by atomic mass is 19.1. The van der Waals surface area contributed by atoms with Gasteiger partial charge in [0.15, 0.2) is 11.6 Å². The number of pyridine rings is 2. The number of hydrogen-bond acceptors (Lipinski definition) is 10. The van der Waals surface area contributed by atoms with Gasteiger partial charge in [-0.3, -0.25) is 9.59 Å². The van der Waals surface area contributed by atoms with Crippen LogP contribution in [0.4, 0.5) is 16.0 Å². The van der Waals surface area contributed by atoms with Crippen molar-refractivity contribution >= 4 is 40.2 Å². The topological polar surface area (TPSA) is 136 Å². The van der Waals surface area contributed by atoms with Crippen LogP contribution in [-0.2, 0) is 9.53 Å². The number of carbonyl (C=O) groups is 3. The second kappa shape index (κ2) is 9.62. The number of hydrogen-bond donors (Lipinski definition) is 3. The van der Waals surface area contributed by atoms with E-state index in [0.29, 0.717) is 30.3 Å². The highest BCUT2D eigenvalue weighted by Crippen LogP contribution is 2.29. The average Bonchev–Trinajstić information content (AvgIpc) is 3.60. The molecule has 2 aliphatic heterocycles. The fourth-order valence-electron chi connectivity index (χ4n) is 4.23. The van der Waals surface area contributed by atoms with Gasteiger partial charge in [0, 0.05) is 51.0 Å². The van der Waals surface area contributed by atoms with Gasteiger partial charge in [-0.15, -0.1) is 5.53 Å². The summed E-state index contributed by atoms with van der Waals surface area (Å²) in [5, 5.41) is 1.50. The van der Waals surface area contributed by atoms with Gasteiger partial charge in [-0.25, -0.2) is 24.2 Å². The molecule has 0 radical (unpaired) electrons. The summed E-state index contributed by atoms with van der Waals surface area (Å²) >= 11 is 0. The Kier molecular flexibility index (Phi) is 6.21. The largest absolute Gasteiger partial charge is 0.462 e. The zero-order chi connectivity index (χ0) is 25.2. The molecular formula is C23H23FN8O4. The molecule has 2 aliphatic rings. The quantitative estimate of drug-likeness (QED) is 0.260. The molecule has 13 heteroatoms. The number of halogens is 1. The van der Waals surface area contributed by atoms with Crippen LogP contribution < -0.4 is 20.9 Å². The Bertz CT molecular complexity index is 1370. The number of H-pyrrole nitrogens is 1. The van der Waals surface area contributed by atoms with Gasteiger partial charge in [0.25, 0.3) is 11.7 Å². The van der Waals surface area contributed by atoms with E-state index in [2.05, 4.69) is 25.9 Å². The van der Waals surface area contributed by atoms with Gasteiger partial charge < -0.3 is 24.9 Å². The van der Waals surface area contributed by atoms with Crippen LogP contribution in [0.1, 0.15) is 27.6 Å². The fraction of sp³-hybridized carbons (Fsp3) is 0.261. The lowest BCUT2D eigenvalue weighted by Crippen LogP contribution is -2.51. The zero-order valence-corrected chi connectivity index (χ0v) is 19.3. The second-order valence-electron chi connectivity index (χ2n) is 8.03. The van der Waals surface area contributed by atoms with Crippen LogP contribution in [0.3, 0.4) is 0 Å². The molecule has 1 amide bonds. The van der Waals surface area contributed by atoms with E-state index in [9.17, 15) is 18.8 Å². The number of fused-ring (bicyclic) bond motifs is 1. The first-order valence-electron chi connectivity index (χ1n) is 11.3. The minimum atomic E-state index is -0.821. The summed E-state index contributed by atoms with van der Waals surface area (Å²) in [6.07, 6.45) is 7.17. The van der Waals surface area contributed by atoms with Crippen LogP contribution in [0.5, 0.6) is 0 Å². The molecule has 1 fully saturated rings. The van der Waals surface area contributed by atoms with Crippen molar-refractivity contribution < 1.29 is 23.5 Å². The second-order valence-corrected chi connectivity index (χ2v) is 8.03. The van der Waals surface area contributed by atoms with Crippen LogP contribution >= 0.6 is 0 Å². The third-order valence-electron chi connectivity index (χ3n) is 5.95. The van der Waals surface area contributed by atoms with E-state index >= 15 is 0 Å². The van der Waals surface area contributed by atoms with Crippen molar-refractivity contribution in [2.45, 2.75) is 6.92 Å². The molecule has 0 spiro atoms. The number of aromatic nitrogens is 3. The predicted octanol–water partition coefficient (Wildman–Crippen LogP) is 1.11. The Hall–Kier alpha value is -4.52. The van der Waals surface area contributed by atoms with Crippen molar-refractivity contribution in [2.24, 2.45) is 0 Å². The fourth-order valence-corrected chi connectivity index (χ4v) is 4.23. The number of amides is 1. The van der Waals surface area contributed by atoms with Gasteiger partial charge in [0.05, 0.1) is 29.3 Å². The molecule has 0 aliphatic carbocycles. The van der Waals surface area contributed by atoms with E-state index in [4.69, 9.17) is 4.74 Å². The standard InChI is InChI=1S/C23H23FN8O4/c1-2-36-23(35)14-4-3-5-25-20(14)30-8-10-31(11-9-30)22(34)19(33)15-12-26-18-17(15)16(24)13-27-21(18)32-7-6-28-29-32/h3-7,12-13,26,28-29H,2,8-11H2,1H3. The van der Waals surface area contributed by atoms with E-state index in [1.807, 2.05) is 4.90 Å². The number of nitrogens with zero attached hydrogens (tertiary/aromatic N) is 5. The van der Waals surface area contributed by atoms with E-state index in [0.717, 1.165) is 6.20 Å². The number of ether oxygens (including phenoxy) is 1. The van der Waals surface area contributed by atoms with Gasteiger partial charge in [0.1, 0.15) is 11.4 Å². The normalized spacial score (nSPS) is 15.3. The first-order chi connectivity index (χ1) is 17.5. The van der Waals surface area contributed by atoms with Gasteiger partial charge in [-0.2, -0.15) is 0 Å². The smallest absolute Gasteiger partial charge is 0.341 e. The Morgan fingerprint density at radius 1 is 1.11 bits per heavy atom. The van der Waals surface area contributed by atoms with Crippen molar-refractivity contribution in [3.63, 3.8) is 0 Å². The molecule has 0 aromatic carbocycles. The number of Topliss-reactive ketones (excluding diaryl/α,β-unsaturated/α-hetero) is 1. The number of piperazine rings is 1. The van der Waals surface area contributed by atoms with Crippen molar-refractivity contribution in [3.8, 4) is 0 Å². The summed E-state index contributed by atoms with van der Waals surface area (Å²) in [5.74, 6) is -1.94. The molecule has 12 nitrogen and oxygen atoms in total. The third kappa shape index (κ3) is 4.09. The Morgan fingerprint density at radius 2 is 1.92 bits per heavy atom. The lowest BCUT2D eigenvalue weighted by atomic mass is 10.1. The molecule has 1 saturated heterocycles. The Labute approximate surface area is 204 Å². The Balaban J connectivity index is 1.32. The minimum Gasteiger partial charge on any atom is -0.462 e. The molecular weight excluding hydrogens is 471 g/mol. The molecule has 3 N–H and O–H groups in total. The number of hydrazine groups is 2. The molecule has 0 bridgehead atoms. The zero-order valence-electron chi connectivity index (χ0n) is 19.3. The first kappa shape index (κ1) is 23.2. The number of ketones is 1. The SMILES string of the molecule is CCOC(=O)c1cccnc1N1CCN(C(=O)C(=O)c2c[nH]c3c(N4C=CNN4)ncc(F)c23)CC1. The number of aromatic amines is 1. The molecule has 0 unspecified atom stereocenters. The van der Waals surface area contributed by atoms with Crippen molar-refractivity contribution in [1.82, 2.24) is 30.8 Å². The molecule has 36 heavy (non-hydrogen) atoms. The molecule has 3 aromatic heterocycles. The maximum absolute atomic E-state index is 14.7. The third-order valence-corrected chi connectivity index (χ3v) is 5.95. The summed E-state index contributed by atoms with van der Waals surface area (Å²) < 4.78 is 19.8. The van der Waals surface area contributed by atoms with Crippen LogP contribution in [0.15, 0.2) is 43.1 Å². The van der Waals surface area contributed by atoms with E-state index in [1.54, 1.807) is 37.7 Å². The summed E-state index contributed by atoms with van der Waals surface area (Å²) in [6, 6.07) is 3.29. The number of esters is 1. The van der Waals surface area contributed by atoms with Crippen LogP contribution in [0.25, 0.3) is 10.9 Å². The summed E-state index contributed by atoms with van der Waals surface area (Å²) in [6.45, 7) is 3.15. The average molecular weight is 494 g/mol. The van der Waals surface area contributed by atoms with Gasteiger partial charge >= 0.3 is 5.97 Å². The maximum Gasteiger partial charge on any atom is 0.341 e. The maximum atomic E-state index is 14.7. The summed E-state index contributed by atoms with van der Waals surface area (Å²) in [4.78, 5) is 53.0. The van der Waals surface area contributed by atoms with E-state index in [-0.39, 0.29) is 36.2 Å². The molecule has 186 valence electrons. The monoisotopic (exact) mass is 494 g/mol. The number of nitrogens with one attached hydrogen (secondary N) is 3. The Morgan fingerprint density at radius 3 is 2.64 bits per heavy atom. The number of rotatable bonds is 6. The van der Waals surface area contributed by atoms with Crippen molar-refractivity contribution in [3.05, 3.63) is 60.1 Å². The first-order valence-corrected chi connectivity index (χ1v) is 11.3. The van der Waals surface area contributed by atoms with Crippen molar-refractivity contribution in [1.29, 1.82) is 0 Å². The molecule has 3 aromatic rings. The van der Waals surface area contributed by atoms with Gasteiger partial charge in [-0.1, -0.05) is 0 Å². The highest BCUT2D eigenvalue weighted by molar-refractivity contribution is 6.45. The molecule has 0 atom stereocenters. The van der Waals surface area contributed by atoms with Gasteiger partial charge in [0.2, 0.25) is 0 Å². The molecule has 5 rings (SSSR count). The van der Waals surface area contributed by atoms with Crippen LogP contribution in [0.2, 0.25) is 0 Å². The predicted molar refractivity (Wildman–Crippen MR) is 127 cm³/mol. The molecule has 0 saturated carbocycles. The van der Waals surface area contributed by atoms with Crippen molar-refractivity contribution in [2.75, 3.05) is 42.7 Å².